The third-order valence-electron chi connectivity index (χ3n) is 2.44. The highest BCUT2D eigenvalue weighted by Gasteiger charge is 2.10. The summed E-state index contributed by atoms with van der Waals surface area (Å²) >= 11 is 0. The van der Waals surface area contributed by atoms with Gasteiger partial charge in [-0.3, -0.25) is 9.59 Å². The van der Waals surface area contributed by atoms with Crippen molar-refractivity contribution in [1.29, 1.82) is 0 Å². The number of nitrogens with one attached hydrogen (secondary N) is 1. The monoisotopic (exact) mass is 277 g/mol. The van der Waals surface area contributed by atoms with Crippen molar-refractivity contribution >= 4 is 11.8 Å². The van der Waals surface area contributed by atoms with Crippen molar-refractivity contribution in [3.05, 3.63) is 35.1 Å². The first kappa shape index (κ1) is 15.7. The van der Waals surface area contributed by atoms with Gasteiger partial charge in [-0.25, -0.2) is 4.39 Å². The molecule has 20 heavy (non-hydrogen) atoms. The van der Waals surface area contributed by atoms with Gasteiger partial charge in [-0.05, 0) is 24.6 Å². The highest BCUT2D eigenvalue weighted by molar-refractivity contribution is 5.96. The maximum atomic E-state index is 13.2. The summed E-state index contributed by atoms with van der Waals surface area (Å²) in [5, 5.41) is 2.62. The Morgan fingerprint density at radius 1 is 1.35 bits per heavy atom. The molecule has 106 valence electrons. The van der Waals surface area contributed by atoms with Gasteiger partial charge in [-0.15, -0.1) is 0 Å². The van der Waals surface area contributed by atoms with E-state index in [0.717, 1.165) is 0 Å². The van der Waals surface area contributed by atoms with Gasteiger partial charge in [0.05, 0.1) is 12.1 Å². The predicted octanol–water partition coefficient (Wildman–Crippen LogP) is 0.131. The van der Waals surface area contributed by atoms with Crippen molar-refractivity contribution in [2.75, 3.05) is 13.1 Å². The van der Waals surface area contributed by atoms with Crippen LogP contribution in [0.1, 0.15) is 28.8 Å². The number of carbonyl (C=O) groups excluding carboxylic acids is 2. The second-order valence-electron chi connectivity index (χ2n) is 4.02. The average Bonchev–Trinajstić information content (AvgIpc) is 2.41. The SMILES string of the molecule is NCC#Cc1cc(F)ccc1C(=O)NCCCC(N)=O. The number of rotatable bonds is 5. The molecule has 2 amide bonds. The minimum Gasteiger partial charge on any atom is -0.370 e. The fourth-order valence-corrected chi connectivity index (χ4v) is 1.52. The van der Waals surface area contributed by atoms with Crippen LogP contribution in [0, 0.1) is 17.7 Å². The summed E-state index contributed by atoms with van der Waals surface area (Å²) < 4.78 is 13.2. The van der Waals surface area contributed by atoms with Gasteiger partial charge in [0.25, 0.3) is 5.91 Å². The molecule has 5 nitrogen and oxygen atoms in total. The van der Waals surface area contributed by atoms with E-state index in [-0.39, 0.29) is 30.0 Å². The Morgan fingerprint density at radius 3 is 2.75 bits per heavy atom. The molecule has 0 fully saturated rings. The minimum atomic E-state index is -0.475. The zero-order chi connectivity index (χ0) is 15.0. The number of halogens is 1. The van der Waals surface area contributed by atoms with Crippen molar-refractivity contribution in [2.45, 2.75) is 12.8 Å². The van der Waals surface area contributed by atoms with Crippen LogP contribution in [0.4, 0.5) is 4.39 Å². The fraction of sp³-hybridized carbons (Fsp3) is 0.286. The molecule has 1 aromatic carbocycles. The highest BCUT2D eigenvalue weighted by Crippen LogP contribution is 2.10. The van der Waals surface area contributed by atoms with Crippen LogP contribution in [-0.4, -0.2) is 24.9 Å². The van der Waals surface area contributed by atoms with Crippen molar-refractivity contribution in [3.63, 3.8) is 0 Å². The highest BCUT2D eigenvalue weighted by atomic mass is 19.1. The second kappa shape index (κ2) is 7.92. The zero-order valence-electron chi connectivity index (χ0n) is 10.9. The maximum absolute atomic E-state index is 13.2. The van der Waals surface area contributed by atoms with Crippen molar-refractivity contribution < 1.29 is 14.0 Å². The first-order valence-electron chi connectivity index (χ1n) is 6.09. The summed E-state index contributed by atoms with van der Waals surface area (Å²) in [4.78, 5) is 22.5. The summed E-state index contributed by atoms with van der Waals surface area (Å²) in [6.07, 6.45) is 0.648. The van der Waals surface area contributed by atoms with Crippen molar-refractivity contribution in [2.24, 2.45) is 11.5 Å². The van der Waals surface area contributed by atoms with Gasteiger partial charge in [0.15, 0.2) is 0 Å². The Hall–Kier alpha value is -2.39. The van der Waals surface area contributed by atoms with E-state index in [1.54, 1.807) is 0 Å². The van der Waals surface area contributed by atoms with Gasteiger partial charge in [0, 0.05) is 18.5 Å². The van der Waals surface area contributed by atoms with Gasteiger partial charge in [0.2, 0.25) is 5.91 Å². The molecule has 6 heteroatoms. The lowest BCUT2D eigenvalue weighted by Gasteiger charge is -2.06. The Morgan fingerprint density at radius 2 is 2.10 bits per heavy atom. The number of hydrogen-bond donors (Lipinski definition) is 3. The maximum Gasteiger partial charge on any atom is 0.252 e. The number of primary amides is 1. The quantitative estimate of drug-likeness (QED) is 0.527. The molecule has 0 spiro atoms. The molecule has 0 heterocycles. The van der Waals surface area contributed by atoms with Crippen molar-refractivity contribution in [3.8, 4) is 11.8 Å². The Balaban J connectivity index is 2.74. The lowest BCUT2D eigenvalue weighted by molar-refractivity contribution is -0.118. The van der Waals surface area contributed by atoms with Gasteiger partial charge in [0.1, 0.15) is 5.82 Å². The number of hydrogen-bond acceptors (Lipinski definition) is 3. The molecule has 0 unspecified atom stereocenters. The van der Waals surface area contributed by atoms with Gasteiger partial charge < -0.3 is 16.8 Å². The number of amides is 2. The van der Waals surface area contributed by atoms with Crippen LogP contribution in [0.5, 0.6) is 0 Å². The third-order valence-corrected chi connectivity index (χ3v) is 2.44. The summed E-state index contributed by atoms with van der Waals surface area (Å²) in [5.74, 6) is 3.96. The minimum absolute atomic E-state index is 0.121. The summed E-state index contributed by atoms with van der Waals surface area (Å²) in [5.41, 5.74) is 10.8. The number of carbonyl (C=O) groups is 2. The second-order valence-corrected chi connectivity index (χ2v) is 4.02. The fourth-order valence-electron chi connectivity index (χ4n) is 1.52. The van der Waals surface area contributed by atoms with E-state index in [9.17, 15) is 14.0 Å². The van der Waals surface area contributed by atoms with Crippen LogP contribution in [0.25, 0.3) is 0 Å². The molecule has 0 bridgehead atoms. The Labute approximate surface area is 116 Å². The van der Waals surface area contributed by atoms with Crippen LogP contribution >= 0.6 is 0 Å². The number of benzene rings is 1. The van der Waals surface area contributed by atoms with E-state index in [0.29, 0.717) is 13.0 Å². The molecule has 5 N–H and O–H groups in total. The molecular formula is C14H16FN3O2. The smallest absolute Gasteiger partial charge is 0.252 e. The standard InChI is InChI=1S/C14H16FN3O2/c15-11-5-6-12(10(9-11)3-1-7-16)14(20)18-8-2-4-13(17)19/h5-6,9H,2,4,7-8,16H2,(H2,17,19)(H,18,20). The predicted molar refractivity (Wildman–Crippen MR) is 73.1 cm³/mol. The van der Waals surface area contributed by atoms with E-state index in [1.165, 1.54) is 18.2 Å². The molecular weight excluding hydrogens is 261 g/mol. The molecule has 0 saturated carbocycles. The lowest BCUT2D eigenvalue weighted by atomic mass is 10.1. The number of nitrogens with two attached hydrogens (primary N) is 2. The van der Waals surface area contributed by atoms with E-state index in [2.05, 4.69) is 17.2 Å². The molecule has 0 aliphatic heterocycles. The van der Waals surface area contributed by atoms with Crippen LogP contribution < -0.4 is 16.8 Å². The van der Waals surface area contributed by atoms with Gasteiger partial charge in [-0.2, -0.15) is 0 Å². The van der Waals surface area contributed by atoms with Crippen molar-refractivity contribution in [1.82, 2.24) is 5.32 Å². The molecule has 0 saturated heterocycles. The summed E-state index contributed by atoms with van der Waals surface area (Å²) in [6, 6.07) is 3.73. The molecule has 1 aromatic rings. The summed E-state index contributed by atoms with van der Waals surface area (Å²) in [6.45, 7) is 0.430. The first-order chi connectivity index (χ1) is 9.54. The summed E-state index contributed by atoms with van der Waals surface area (Å²) in [7, 11) is 0. The van der Waals surface area contributed by atoms with E-state index in [1.807, 2.05) is 0 Å². The van der Waals surface area contributed by atoms with Gasteiger partial charge >= 0.3 is 0 Å². The first-order valence-corrected chi connectivity index (χ1v) is 6.09. The van der Waals surface area contributed by atoms with E-state index >= 15 is 0 Å². The van der Waals surface area contributed by atoms with Crippen LogP contribution in [0.2, 0.25) is 0 Å². The topological polar surface area (TPSA) is 98.2 Å². The molecule has 0 aliphatic rings. The van der Waals surface area contributed by atoms with E-state index in [4.69, 9.17) is 11.5 Å². The Bertz CT molecular complexity index is 561. The van der Waals surface area contributed by atoms with E-state index < -0.39 is 11.7 Å². The molecule has 0 atom stereocenters. The largest absolute Gasteiger partial charge is 0.370 e. The van der Waals surface area contributed by atoms with Gasteiger partial charge in [-0.1, -0.05) is 11.8 Å². The van der Waals surface area contributed by atoms with Crippen LogP contribution in [0.15, 0.2) is 18.2 Å². The van der Waals surface area contributed by atoms with Crippen LogP contribution in [-0.2, 0) is 4.79 Å². The third kappa shape index (κ3) is 5.08. The normalized spacial score (nSPS) is 9.50. The lowest BCUT2D eigenvalue weighted by Crippen LogP contribution is -2.26. The molecule has 0 aromatic heterocycles. The average molecular weight is 277 g/mol. The molecule has 1 rings (SSSR count). The Kier molecular flexibility index (Phi) is 6.20. The van der Waals surface area contributed by atoms with Crippen LogP contribution in [0.3, 0.4) is 0 Å². The molecule has 0 radical (unpaired) electrons. The molecule has 0 aliphatic carbocycles. The zero-order valence-corrected chi connectivity index (χ0v) is 10.9.